The van der Waals surface area contributed by atoms with Crippen molar-refractivity contribution in [2.75, 3.05) is 18.8 Å². The van der Waals surface area contributed by atoms with E-state index >= 15 is 0 Å². The van der Waals surface area contributed by atoms with Crippen molar-refractivity contribution in [2.45, 2.75) is 12.5 Å². The highest BCUT2D eigenvalue weighted by Gasteiger charge is 2.29. The fourth-order valence-electron chi connectivity index (χ4n) is 3.33. The molecule has 1 aliphatic rings. The number of rotatable bonds is 3. The highest BCUT2D eigenvalue weighted by molar-refractivity contribution is 6.30. The number of nitrogens with two attached hydrogens (primary N) is 1. The molecule has 2 aromatic heterocycles. The van der Waals surface area contributed by atoms with Crippen LogP contribution in [0.4, 0.5) is 5.82 Å². The van der Waals surface area contributed by atoms with Gasteiger partial charge in [-0.15, -0.1) is 0 Å². The number of hydrogen-bond acceptors (Lipinski definition) is 5. The Labute approximate surface area is 155 Å². The van der Waals surface area contributed by atoms with Crippen molar-refractivity contribution in [3.05, 3.63) is 48.3 Å². The molecule has 8 heteroatoms. The molecule has 0 radical (unpaired) electrons. The van der Waals surface area contributed by atoms with Crippen LogP contribution in [0.5, 0.6) is 0 Å². The van der Waals surface area contributed by atoms with E-state index in [1.165, 1.54) is 12.4 Å². The maximum atomic E-state index is 11.9. The summed E-state index contributed by atoms with van der Waals surface area (Å²) in [7, 11) is 0. The van der Waals surface area contributed by atoms with Crippen LogP contribution < -0.4 is 5.73 Å². The van der Waals surface area contributed by atoms with Crippen molar-refractivity contribution in [2.24, 2.45) is 0 Å². The van der Waals surface area contributed by atoms with Crippen LogP contribution in [0.1, 0.15) is 12.5 Å². The Balaban J connectivity index is 1.82. The zero-order valence-corrected chi connectivity index (χ0v) is 14.7. The maximum absolute atomic E-state index is 11.9. The molecule has 3 aromatic rings. The number of likely N-dealkylation sites (tertiary alicyclic amines) is 1. The molecule has 1 saturated heterocycles. The van der Waals surface area contributed by atoms with Gasteiger partial charge in [0.05, 0.1) is 11.4 Å². The maximum Gasteiger partial charge on any atom is 0.246 e. The largest absolute Gasteiger partial charge is 0.383 e. The Morgan fingerprint density at radius 2 is 2.08 bits per heavy atom. The summed E-state index contributed by atoms with van der Waals surface area (Å²) in [4.78, 5) is 22.2. The third kappa shape index (κ3) is 2.70. The van der Waals surface area contributed by atoms with Crippen molar-refractivity contribution in [1.82, 2.24) is 24.6 Å². The zero-order valence-electron chi connectivity index (χ0n) is 14.0. The summed E-state index contributed by atoms with van der Waals surface area (Å²) in [6, 6.07) is 7.42. The molecule has 1 aromatic carbocycles. The Kier molecular flexibility index (Phi) is 4.08. The average Bonchev–Trinajstić information content (AvgIpc) is 3.27. The molecule has 26 heavy (non-hydrogen) atoms. The van der Waals surface area contributed by atoms with Gasteiger partial charge in [0, 0.05) is 23.7 Å². The lowest BCUT2D eigenvalue weighted by atomic mass is 10.1. The predicted molar refractivity (Wildman–Crippen MR) is 101 cm³/mol. The number of aromatic nitrogens is 4. The first-order chi connectivity index (χ1) is 12.6. The van der Waals surface area contributed by atoms with Gasteiger partial charge in [-0.3, -0.25) is 4.79 Å². The van der Waals surface area contributed by atoms with E-state index in [0.717, 1.165) is 12.0 Å². The second kappa shape index (κ2) is 6.42. The quantitative estimate of drug-likeness (QED) is 0.718. The van der Waals surface area contributed by atoms with Crippen LogP contribution >= 0.6 is 11.6 Å². The first-order valence-electron chi connectivity index (χ1n) is 8.24. The molecule has 1 atom stereocenters. The molecule has 2 N–H and O–H groups in total. The monoisotopic (exact) mass is 368 g/mol. The third-order valence-corrected chi connectivity index (χ3v) is 4.88. The summed E-state index contributed by atoms with van der Waals surface area (Å²) in [6.45, 7) is 4.78. The minimum Gasteiger partial charge on any atom is -0.383 e. The van der Waals surface area contributed by atoms with E-state index in [2.05, 4.69) is 16.5 Å². The van der Waals surface area contributed by atoms with Crippen LogP contribution in [0.25, 0.3) is 22.3 Å². The minimum atomic E-state index is -0.0731. The van der Waals surface area contributed by atoms with Gasteiger partial charge in [0.25, 0.3) is 0 Å². The number of carbonyl (C=O) groups excluding carboxylic acids is 1. The smallest absolute Gasteiger partial charge is 0.246 e. The highest BCUT2D eigenvalue weighted by atomic mass is 35.5. The lowest BCUT2D eigenvalue weighted by Crippen LogP contribution is -2.27. The summed E-state index contributed by atoms with van der Waals surface area (Å²) < 4.78 is 1.85. The van der Waals surface area contributed by atoms with Gasteiger partial charge in [-0.25, -0.2) is 14.6 Å². The first-order valence-corrected chi connectivity index (χ1v) is 8.62. The van der Waals surface area contributed by atoms with E-state index in [4.69, 9.17) is 22.4 Å². The Morgan fingerprint density at radius 1 is 1.31 bits per heavy atom. The van der Waals surface area contributed by atoms with Gasteiger partial charge >= 0.3 is 0 Å². The molecule has 132 valence electrons. The molecule has 4 rings (SSSR count). The molecule has 1 aliphatic heterocycles. The molecule has 0 unspecified atom stereocenters. The minimum absolute atomic E-state index is 0.0248. The number of amides is 1. The van der Waals surface area contributed by atoms with E-state index in [1.807, 2.05) is 28.9 Å². The predicted octanol–water partition coefficient (Wildman–Crippen LogP) is 2.69. The summed E-state index contributed by atoms with van der Waals surface area (Å²) >= 11 is 6.00. The fraction of sp³-hybridized carbons (Fsp3) is 0.222. The van der Waals surface area contributed by atoms with Gasteiger partial charge < -0.3 is 10.6 Å². The molecule has 0 spiro atoms. The van der Waals surface area contributed by atoms with Crippen molar-refractivity contribution in [3.8, 4) is 11.3 Å². The van der Waals surface area contributed by atoms with Crippen molar-refractivity contribution >= 4 is 34.4 Å². The number of anilines is 1. The first kappa shape index (κ1) is 16.5. The number of nitrogen functional groups attached to an aromatic ring is 1. The van der Waals surface area contributed by atoms with Crippen molar-refractivity contribution in [1.29, 1.82) is 0 Å². The topological polar surface area (TPSA) is 89.9 Å². The van der Waals surface area contributed by atoms with Gasteiger partial charge in [0.1, 0.15) is 17.8 Å². The van der Waals surface area contributed by atoms with Crippen LogP contribution in [-0.4, -0.2) is 43.6 Å². The second-order valence-electron chi connectivity index (χ2n) is 6.19. The molecule has 3 heterocycles. The van der Waals surface area contributed by atoms with E-state index in [9.17, 15) is 4.79 Å². The second-order valence-corrected chi connectivity index (χ2v) is 6.62. The van der Waals surface area contributed by atoms with Crippen LogP contribution in [-0.2, 0) is 4.79 Å². The molecule has 1 amide bonds. The van der Waals surface area contributed by atoms with E-state index in [1.54, 1.807) is 4.90 Å². The van der Waals surface area contributed by atoms with Crippen LogP contribution in [0.15, 0.2) is 43.2 Å². The van der Waals surface area contributed by atoms with Crippen molar-refractivity contribution in [3.63, 3.8) is 0 Å². The number of carbonyl (C=O) groups is 1. The summed E-state index contributed by atoms with van der Waals surface area (Å²) in [5, 5.41) is 6.14. The highest BCUT2D eigenvalue weighted by Crippen LogP contribution is 2.34. The number of nitrogens with zero attached hydrogens (tertiary/aromatic N) is 5. The molecule has 0 bridgehead atoms. The lowest BCUT2D eigenvalue weighted by molar-refractivity contribution is -0.125. The number of hydrogen-bond donors (Lipinski definition) is 1. The summed E-state index contributed by atoms with van der Waals surface area (Å²) in [6.07, 6.45) is 3.56. The van der Waals surface area contributed by atoms with E-state index in [-0.39, 0.29) is 11.9 Å². The van der Waals surface area contributed by atoms with Crippen LogP contribution in [0.3, 0.4) is 0 Å². The lowest BCUT2D eigenvalue weighted by Gasteiger charge is -2.14. The fourth-order valence-corrected chi connectivity index (χ4v) is 3.46. The molecule has 0 saturated carbocycles. The Morgan fingerprint density at radius 3 is 2.81 bits per heavy atom. The number of halogens is 1. The normalized spacial score (nSPS) is 17.0. The van der Waals surface area contributed by atoms with E-state index < -0.39 is 0 Å². The average molecular weight is 369 g/mol. The summed E-state index contributed by atoms with van der Waals surface area (Å²) in [5.41, 5.74) is 8.39. The van der Waals surface area contributed by atoms with Gasteiger partial charge in [0.2, 0.25) is 5.91 Å². The third-order valence-electron chi connectivity index (χ3n) is 4.63. The van der Waals surface area contributed by atoms with Crippen LogP contribution in [0.2, 0.25) is 5.02 Å². The molecule has 7 nitrogen and oxygen atoms in total. The van der Waals surface area contributed by atoms with Gasteiger partial charge in [-0.1, -0.05) is 30.3 Å². The molecule has 0 aliphatic carbocycles. The van der Waals surface area contributed by atoms with Gasteiger partial charge in [0.15, 0.2) is 5.65 Å². The SMILES string of the molecule is C=CC(=O)N1CC[C@@H](n2nc(-c3ccc(Cl)cc3)c3c(N)ncnc32)C1. The molecule has 1 fully saturated rings. The zero-order chi connectivity index (χ0) is 18.3. The molecular weight excluding hydrogens is 352 g/mol. The number of fused-ring (bicyclic) bond motifs is 1. The Hall–Kier alpha value is -2.93. The van der Waals surface area contributed by atoms with Gasteiger partial charge in [-0.2, -0.15) is 5.10 Å². The van der Waals surface area contributed by atoms with Crippen LogP contribution in [0, 0.1) is 0 Å². The van der Waals surface area contributed by atoms with Gasteiger partial charge in [-0.05, 0) is 24.6 Å². The number of benzene rings is 1. The van der Waals surface area contributed by atoms with E-state index in [0.29, 0.717) is 40.7 Å². The standard InChI is InChI=1S/C18H17ClN6O/c1-2-14(26)24-8-7-13(9-24)25-18-15(17(20)21-10-22-18)16(23-25)11-3-5-12(19)6-4-11/h2-6,10,13H,1,7-9H2,(H2,20,21,22)/t13-/m1/s1. The van der Waals surface area contributed by atoms with Crippen molar-refractivity contribution < 1.29 is 4.79 Å². The summed E-state index contributed by atoms with van der Waals surface area (Å²) in [5.74, 6) is 0.305. The Bertz CT molecular complexity index is 997. The molecular formula is C18H17ClN6O.